The molecule has 0 N–H and O–H groups in total. The first kappa shape index (κ1) is 22.6. The van der Waals surface area contributed by atoms with E-state index in [-0.39, 0.29) is 183 Å². The van der Waals surface area contributed by atoms with Crippen LogP contribution in [-0.2, 0) is 0 Å². The molecule has 4 heteroatoms. The molecular weight excluding hydrogens is 239 g/mol. The summed E-state index contributed by atoms with van der Waals surface area (Å²) in [5, 5.41) is 0. The molecule has 0 aliphatic heterocycles. The fourth-order valence-corrected chi connectivity index (χ4v) is 0. The maximum atomic E-state index is 0. The average molecular weight is 245 g/mol. The van der Waals surface area contributed by atoms with Gasteiger partial charge in [-0.25, -0.2) is 0 Å². The second-order valence-corrected chi connectivity index (χ2v) is 0. The van der Waals surface area contributed by atoms with Crippen molar-refractivity contribution in [1.82, 2.24) is 0 Å². The summed E-state index contributed by atoms with van der Waals surface area (Å²) in [4.78, 5) is 0. The van der Waals surface area contributed by atoms with E-state index in [2.05, 4.69) is 0 Å². The van der Waals surface area contributed by atoms with E-state index in [0.29, 0.717) is 0 Å². The summed E-state index contributed by atoms with van der Waals surface area (Å²) in [6.07, 6.45) is 0. The summed E-state index contributed by atoms with van der Waals surface area (Å²) in [7, 11) is 0. The Hall–Kier alpha value is 5.73. The van der Waals surface area contributed by atoms with Crippen LogP contribution in [0, 0.1) is 0 Å². The number of hydrogen-bond acceptors (Lipinski definition) is 0. The summed E-state index contributed by atoms with van der Waals surface area (Å²) < 4.78 is 0. The molecule has 0 aliphatic carbocycles. The van der Waals surface area contributed by atoms with Crippen molar-refractivity contribution in [2.24, 2.45) is 0 Å². The monoisotopic (exact) mass is 244 g/mol. The molecule has 0 saturated carbocycles. The van der Waals surface area contributed by atoms with Gasteiger partial charge in [0.15, 0.2) is 0 Å². The van der Waals surface area contributed by atoms with Crippen LogP contribution in [0.15, 0.2) is 0 Å². The zero-order valence-corrected chi connectivity index (χ0v) is 17.1. The number of hydrogen-bond donors (Lipinski definition) is 0. The van der Waals surface area contributed by atoms with Gasteiger partial charge >= 0.3 is 179 Å². The molecule has 0 nitrogen and oxygen atoms in total. The Bertz CT molecular complexity index is 10.1. The molecule has 0 aromatic carbocycles. The van der Waals surface area contributed by atoms with Crippen LogP contribution >= 0.6 is 0 Å². The molecule has 4 heavy (non-hydrogen) atoms. The van der Waals surface area contributed by atoms with Crippen molar-refractivity contribution in [2.45, 2.75) is 0 Å². The van der Waals surface area contributed by atoms with Crippen molar-refractivity contribution < 1.29 is 158 Å². The van der Waals surface area contributed by atoms with Gasteiger partial charge in [-0.3, -0.25) is 0 Å². The van der Waals surface area contributed by atoms with Crippen molar-refractivity contribution in [3.05, 3.63) is 0 Å². The van der Waals surface area contributed by atoms with E-state index < -0.39 is 0 Å². The van der Waals surface area contributed by atoms with Gasteiger partial charge in [-0.05, 0) is 0 Å². The van der Waals surface area contributed by atoms with Crippen molar-refractivity contribution in [3.63, 3.8) is 0 Å². The van der Waals surface area contributed by atoms with Crippen molar-refractivity contribution in [2.75, 3.05) is 0 Å². The summed E-state index contributed by atoms with van der Waals surface area (Å²) in [6.45, 7) is 0. The Morgan fingerprint density at radius 2 is 0.750 bits per heavy atom. The Morgan fingerprint density at radius 1 is 0.750 bits per heavy atom. The number of rotatable bonds is 0. The quantitative estimate of drug-likeness (QED) is 0.372. The van der Waals surface area contributed by atoms with E-state index in [1.54, 1.807) is 0 Å². The van der Waals surface area contributed by atoms with Crippen LogP contribution < -0.4 is 154 Å². The molecule has 0 rings (SSSR count). The summed E-state index contributed by atoms with van der Waals surface area (Å²) in [5.41, 5.74) is 0. The SMILES string of the molecule is [H-].[H-].[H-].[K+].[K+].[K+].[SbH3]. The van der Waals surface area contributed by atoms with E-state index >= 15 is 0 Å². The zero-order chi connectivity index (χ0) is 0. The molecule has 0 aromatic rings. The van der Waals surface area contributed by atoms with Crippen LogP contribution in [0.5, 0.6) is 0 Å². The first-order valence-electron chi connectivity index (χ1n) is 0. The van der Waals surface area contributed by atoms with Gasteiger partial charge in [0.05, 0.1) is 0 Å². The first-order valence-corrected chi connectivity index (χ1v) is 0. The molecule has 0 amide bonds. The topological polar surface area (TPSA) is 0 Å². The molecule has 0 bridgehead atoms. The average Bonchev–Trinajstić information content (AvgIpc) is 0. The van der Waals surface area contributed by atoms with Gasteiger partial charge in [0, 0.05) is 0 Å². The Kier molecular flexibility index (Phi) is 89.7. The van der Waals surface area contributed by atoms with Crippen LogP contribution in [0.25, 0.3) is 0 Å². The molecule has 14 valence electrons. The van der Waals surface area contributed by atoms with E-state index in [0.717, 1.165) is 0 Å². The molecule has 0 aromatic heterocycles. The standard InChI is InChI=1S/3K.Sb.6H/q3*+1;;;;;3*-1. The van der Waals surface area contributed by atoms with Gasteiger partial charge in [0.25, 0.3) is 0 Å². The van der Waals surface area contributed by atoms with Gasteiger partial charge in [0.1, 0.15) is 0 Å². The Balaban J connectivity index is 0. The molecular formula is H6K3Sb. The normalized spacial score (nSPS) is 0. The van der Waals surface area contributed by atoms with Gasteiger partial charge in [-0.1, -0.05) is 0 Å². The molecule has 0 unspecified atom stereocenters. The van der Waals surface area contributed by atoms with Gasteiger partial charge in [0.2, 0.25) is 0 Å². The first-order chi connectivity index (χ1) is 0. The van der Waals surface area contributed by atoms with Crippen molar-refractivity contribution in [3.8, 4) is 0 Å². The molecule has 0 atom stereocenters. The Labute approximate surface area is 176 Å². The third kappa shape index (κ3) is 10.7. The van der Waals surface area contributed by atoms with Crippen LogP contribution in [-0.4, -0.2) is 24.4 Å². The predicted octanol–water partition coefficient (Wildman–Crippen LogP) is -9.83. The van der Waals surface area contributed by atoms with Crippen molar-refractivity contribution >= 4 is 24.4 Å². The summed E-state index contributed by atoms with van der Waals surface area (Å²) >= 11 is 0. The van der Waals surface area contributed by atoms with E-state index in [4.69, 9.17) is 0 Å². The van der Waals surface area contributed by atoms with Crippen molar-refractivity contribution in [1.29, 1.82) is 0 Å². The predicted molar refractivity (Wildman–Crippen MR) is 13.3 cm³/mol. The molecule has 0 fully saturated rings. The summed E-state index contributed by atoms with van der Waals surface area (Å²) in [5.74, 6) is 0. The second-order valence-electron chi connectivity index (χ2n) is 0. The Morgan fingerprint density at radius 3 is 0.750 bits per heavy atom. The molecule has 0 saturated heterocycles. The summed E-state index contributed by atoms with van der Waals surface area (Å²) in [6, 6.07) is 0. The minimum atomic E-state index is 0. The maximum absolute atomic E-state index is 0. The minimum absolute atomic E-state index is 0. The van der Waals surface area contributed by atoms with Gasteiger partial charge < -0.3 is 4.28 Å². The second kappa shape index (κ2) is 15.9. The molecule has 0 radical (unpaired) electrons. The molecule has 0 aliphatic rings. The van der Waals surface area contributed by atoms with Gasteiger partial charge in [-0.2, -0.15) is 0 Å². The van der Waals surface area contributed by atoms with E-state index in [9.17, 15) is 0 Å². The van der Waals surface area contributed by atoms with Gasteiger partial charge in [-0.15, -0.1) is 0 Å². The van der Waals surface area contributed by atoms with E-state index in [1.807, 2.05) is 0 Å². The molecule has 0 heterocycles. The van der Waals surface area contributed by atoms with Crippen LogP contribution in [0.1, 0.15) is 4.28 Å². The zero-order valence-electron chi connectivity index (χ0n) is 6.71. The van der Waals surface area contributed by atoms with Crippen LogP contribution in [0.3, 0.4) is 0 Å². The van der Waals surface area contributed by atoms with Crippen LogP contribution in [0.2, 0.25) is 0 Å². The third-order valence-corrected chi connectivity index (χ3v) is 0. The van der Waals surface area contributed by atoms with E-state index in [1.165, 1.54) is 0 Å². The molecule has 0 spiro atoms. The fraction of sp³-hybridized carbons (Fsp3) is 0. The fourth-order valence-electron chi connectivity index (χ4n) is 0. The third-order valence-electron chi connectivity index (χ3n) is 0. The van der Waals surface area contributed by atoms with Crippen LogP contribution in [0.4, 0.5) is 0 Å².